The Kier molecular flexibility index (Phi) is 6.57. The van der Waals surface area contributed by atoms with Crippen LogP contribution in [0.3, 0.4) is 0 Å². The zero-order valence-electron chi connectivity index (χ0n) is 19.5. The van der Waals surface area contributed by atoms with E-state index in [2.05, 4.69) is 32.8 Å². The molecule has 9 heteroatoms. The molecule has 2 N–H and O–H groups in total. The highest BCUT2D eigenvalue weighted by Gasteiger charge is 2.33. The molecular formula is C24H30N6O3. The fourth-order valence-corrected chi connectivity index (χ4v) is 4.52. The van der Waals surface area contributed by atoms with Gasteiger partial charge in [0.25, 0.3) is 5.91 Å². The van der Waals surface area contributed by atoms with Crippen LogP contribution >= 0.6 is 0 Å². The molecule has 1 aliphatic carbocycles. The Labute approximate surface area is 192 Å². The number of rotatable bonds is 6. The van der Waals surface area contributed by atoms with Crippen molar-refractivity contribution in [3.63, 3.8) is 0 Å². The molecule has 4 rings (SSSR count). The maximum Gasteiger partial charge on any atom is 0.257 e. The van der Waals surface area contributed by atoms with Gasteiger partial charge in [-0.2, -0.15) is 5.10 Å². The predicted octanol–water partition coefficient (Wildman–Crippen LogP) is 3.65. The number of hydrogen-bond acceptors (Lipinski definition) is 6. The van der Waals surface area contributed by atoms with Crippen molar-refractivity contribution in [3.8, 4) is 11.3 Å². The highest BCUT2D eigenvalue weighted by atomic mass is 16.5. The van der Waals surface area contributed by atoms with Crippen molar-refractivity contribution >= 4 is 17.6 Å². The van der Waals surface area contributed by atoms with Gasteiger partial charge in [-0.3, -0.25) is 14.3 Å². The molecule has 1 fully saturated rings. The Balaban J connectivity index is 1.51. The van der Waals surface area contributed by atoms with Crippen molar-refractivity contribution in [2.75, 3.05) is 5.32 Å². The minimum Gasteiger partial charge on any atom is -0.364 e. The van der Waals surface area contributed by atoms with Gasteiger partial charge in [-0.15, -0.1) is 0 Å². The molecule has 0 aliphatic heterocycles. The normalized spacial score (nSPS) is 19.2. The van der Waals surface area contributed by atoms with E-state index in [0.29, 0.717) is 23.0 Å². The molecule has 0 radical (unpaired) electrons. The summed E-state index contributed by atoms with van der Waals surface area (Å²) in [6.07, 6.45) is 8.67. The number of amides is 2. The Bertz CT molecular complexity index is 1110. The first-order valence-electron chi connectivity index (χ1n) is 11.3. The van der Waals surface area contributed by atoms with Crippen molar-refractivity contribution in [2.45, 2.75) is 52.5 Å². The average molecular weight is 451 g/mol. The number of hydrogen-bond donors (Lipinski definition) is 2. The highest BCUT2D eigenvalue weighted by Crippen LogP contribution is 2.31. The molecule has 0 spiro atoms. The molecule has 1 atom stereocenters. The first-order chi connectivity index (χ1) is 15.8. The number of carbonyl (C=O) groups excluding carboxylic acids is 2. The lowest BCUT2D eigenvalue weighted by atomic mass is 9.79. The quantitative estimate of drug-likeness (QED) is 0.592. The lowest BCUT2D eigenvalue weighted by Crippen LogP contribution is -2.49. The van der Waals surface area contributed by atoms with E-state index in [1.807, 2.05) is 20.0 Å². The van der Waals surface area contributed by atoms with Gasteiger partial charge in [0.15, 0.2) is 0 Å². The van der Waals surface area contributed by atoms with Crippen LogP contribution in [0.2, 0.25) is 0 Å². The Hall–Kier alpha value is -3.49. The number of aryl methyl sites for hydroxylation is 3. The molecule has 1 unspecified atom stereocenters. The van der Waals surface area contributed by atoms with Crippen LogP contribution in [-0.2, 0) is 11.8 Å². The first-order valence-corrected chi connectivity index (χ1v) is 11.3. The number of anilines is 1. The van der Waals surface area contributed by atoms with Gasteiger partial charge >= 0.3 is 0 Å². The molecule has 9 nitrogen and oxygen atoms in total. The second-order valence-corrected chi connectivity index (χ2v) is 9.01. The van der Waals surface area contributed by atoms with Crippen LogP contribution in [0.15, 0.2) is 35.3 Å². The van der Waals surface area contributed by atoms with Crippen LogP contribution in [-0.4, -0.2) is 37.8 Å². The molecule has 2 amide bonds. The highest BCUT2D eigenvalue weighted by molar-refractivity contribution is 6.01. The maximum atomic E-state index is 13.3. The van der Waals surface area contributed by atoms with Crippen LogP contribution in [0.1, 0.15) is 54.2 Å². The van der Waals surface area contributed by atoms with E-state index in [4.69, 9.17) is 4.52 Å². The van der Waals surface area contributed by atoms with Gasteiger partial charge in [0.1, 0.15) is 23.7 Å². The summed E-state index contributed by atoms with van der Waals surface area (Å²) in [5.74, 6) is 0.497. The summed E-state index contributed by atoms with van der Waals surface area (Å²) in [4.78, 5) is 30.5. The number of aromatic nitrogens is 4. The molecule has 3 heterocycles. The number of nitrogens with zero attached hydrogens (tertiary/aromatic N) is 4. The molecule has 3 aromatic rings. The Morgan fingerprint density at radius 2 is 1.91 bits per heavy atom. The van der Waals surface area contributed by atoms with Crippen LogP contribution in [0.4, 0.5) is 5.82 Å². The first kappa shape index (κ1) is 22.7. The molecule has 0 aromatic carbocycles. The average Bonchev–Trinajstić information content (AvgIpc) is 3.38. The van der Waals surface area contributed by atoms with Crippen molar-refractivity contribution in [2.24, 2.45) is 18.9 Å². The monoisotopic (exact) mass is 450 g/mol. The molecule has 0 bridgehead atoms. The number of pyridine rings is 1. The van der Waals surface area contributed by atoms with Gasteiger partial charge in [-0.1, -0.05) is 24.9 Å². The number of carbonyl (C=O) groups is 2. The topological polar surface area (TPSA) is 115 Å². The third-order valence-corrected chi connectivity index (χ3v) is 6.51. The van der Waals surface area contributed by atoms with Gasteiger partial charge in [0.05, 0.1) is 17.6 Å². The van der Waals surface area contributed by atoms with Crippen LogP contribution in [0.5, 0.6) is 0 Å². The van der Waals surface area contributed by atoms with Gasteiger partial charge in [0, 0.05) is 18.8 Å². The maximum absolute atomic E-state index is 13.3. The molecule has 174 valence electrons. The molecule has 33 heavy (non-hydrogen) atoms. The molecule has 3 aromatic heterocycles. The van der Waals surface area contributed by atoms with Crippen LogP contribution in [0, 0.1) is 25.7 Å². The minimum absolute atomic E-state index is 0.0571. The van der Waals surface area contributed by atoms with E-state index in [9.17, 15) is 9.59 Å². The van der Waals surface area contributed by atoms with Crippen LogP contribution < -0.4 is 10.6 Å². The van der Waals surface area contributed by atoms with Crippen molar-refractivity contribution in [1.29, 1.82) is 0 Å². The Morgan fingerprint density at radius 3 is 2.48 bits per heavy atom. The fraction of sp³-hybridized carbons (Fsp3) is 0.458. The molecule has 1 saturated carbocycles. The van der Waals surface area contributed by atoms with E-state index in [1.165, 1.54) is 6.26 Å². The van der Waals surface area contributed by atoms with Crippen molar-refractivity contribution < 1.29 is 14.1 Å². The summed E-state index contributed by atoms with van der Waals surface area (Å²) in [7, 11) is 1.88. The SMILES string of the molecule is Cc1cnn(C)c1-c1ccc(NC(=O)C(NC(=O)c2conc2C)C2CCC(C)CC2)nc1. The number of nitrogens with one attached hydrogen (secondary N) is 2. The summed E-state index contributed by atoms with van der Waals surface area (Å²) in [5.41, 5.74) is 3.78. The van der Waals surface area contributed by atoms with Crippen molar-refractivity contribution in [3.05, 3.63) is 47.6 Å². The largest absolute Gasteiger partial charge is 0.364 e. The van der Waals surface area contributed by atoms with Gasteiger partial charge in [-0.05, 0) is 56.2 Å². The van der Waals surface area contributed by atoms with Gasteiger partial charge in [0.2, 0.25) is 5.91 Å². The lowest BCUT2D eigenvalue weighted by molar-refractivity contribution is -0.119. The predicted molar refractivity (Wildman–Crippen MR) is 123 cm³/mol. The van der Waals surface area contributed by atoms with E-state index >= 15 is 0 Å². The second-order valence-electron chi connectivity index (χ2n) is 9.01. The summed E-state index contributed by atoms with van der Waals surface area (Å²) in [6, 6.07) is 3.01. The van der Waals surface area contributed by atoms with Gasteiger partial charge < -0.3 is 15.2 Å². The minimum atomic E-state index is -0.667. The summed E-state index contributed by atoms with van der Waals surface area (Å²) < 4.78 is 6.69. The third-order valence-electron chi connectivity index (χ3n) is 6.51. The van der Waals surface area contributed by atoms with E-state index in [-0.39, 0.29) is 17.7 Å². The van der Waals surface area contributed by atoms with Crippen molar-refractivity contribution in [1.82, 2.24) is 25.2 Å². The zero-order chi connectivity index (χ0) is 23.5. The van der Waals surface area contributed by atoms with E-state index in [0.717, 1.165) is 42.5 Å². The fourth-order valence-electron chi connectivity index (χ4n) is 4.52. The molecular weight excluding hydrogens is 420 g/mol. The summed E-state index contributed by atoms with van der Waals surface area (Å²) >= 11 is 0. The standard InChI is InChI=1S/C24H30N6O3/c1-14-5-7-17(8-6-14)21(28-23(31)19-13-33-29-16(19)3)24(32)27-20-10-9-18(12-25-20)22-15(2)11-26-30(22)4/h9-14,17,21H,5-8H2,1-4H3,(H,28,31)(H,25,27,32). The summed E-state index contributed by atoms with van der Waals surface area (Å²) in [5, 5.41) is 13.8. The Morgan fingerprint density at radius 1 is 1.15 bits per heavy atom. The third kappa shape index (κ3) is 4.97. The van der Waals surface area contributed by atoms with E-state index in [1.54, 1.807) is 30.1 Å². The molecule has 0 saturated heterocycles. The van der Waals surface area contributed by atoms with E-state index < -0.39 is 6.04 Å². The smallest absolute Gasteiger partial charge is 0.257 e. The summed E-state index contributed by atoms with van der Waals surface area (Å²) in [6.45, 7) is 5.92. The lowest BCUT2D eigenvalue weighted by Gasteiger charge is -2.32. The second kappa shape index (κ2) is 9.56. The van der Waals surface area contributed by atoms with Crippen LogP contribution in [0.25, 0.3) is 11.3 Å². The van der Waals surface area contributed by atoms with Gasteiger partial charge in [-0.25, -0.2) is 4.98 Å². The zero-order valence-corrected chi connectivity index (χ0v) is 19.5. The molecule has 1 aliphatic rings.